The predicted octanol–water partition coefficient (Wildman–Crippen LogP) is 5.46. The van der Waals surface area contributed by atoms with E-state index in [0.29, 0.717) is 16.1 Å². The Morgan fingerprint density at radius 2 is 1.81 bits per heavy atom. The molecule has 0 radical (unpaired) electrons. The third-order valence-electron chi connectivity index (χ3n) is 4.40. The maximum absolute atomic E-state index is 12.6. The highest BCUT2D eigenvalue weighted by molar-refractivity contribution is 7.15. The normalized spacial score (nSPS) is 10.8. The van der Waals surface area contributed by atoms with E-state index in [4.69, 9.17) is 4.74 Å². The highest BCUT2D eigenvalue weighted by atomic mass is 32.1. The molecule has 0 aliphatic carbocycles. The van der Waals surface area contributed by atoms with E-state index in [9.17, 15) is 19.7 Å². The fourth-order valence-electron chi connectivity index (χ4n) is 2.83. The van der Waals surface area contributed by atoms with Crippen molar-refractivity contribution in [2.45, 2.75) is 13.8 Å². The van der Waals surface area contributed by atoms with Gasteiger partial charge in [-0.05, 0) is 43.2 Å². The molecular formula is C23H20N2O5S. The minimum absolute atomic E-state index is 0.0496. The Balaban J connectivity index is 1.87. The van der Waals surface area contributed by atoms with E-state index in [-0.39, 0.29) is 23.8 Å². The zero-order chi connectivity index (χ0) is 22.4. The first kappa shape index (κ1) is 21.9. The fraction of sp³-hybridized carbons (Fsp3) is 0.130. The number of rotatable bonds is 7. The third kappa shape index (κ3) is 5.43. The van der Waals surface area contributed by atoms with Crippen molar-refractivity contribution in [2.75, 3.05) is 11.9 Å². The predicted molar refractivity (Wildman–Crippen MR) is 121 cm³/mol. The van der Waals surface area contributed by atoms with Gasteiger partial charge in [-0.2, -0.15) is 0 Å². The molecule has 0 aliphatic rings. The van der Waals surface area contributed by atoms with E-state index in [1.807, 2.05) is 31.2 Å². The van der Waals surface area contributed by atoms with E-state index in [1.54, 1.807) is 30.5 Å². The maximum Gasteiger partial charge on any atom is 0.341 e. The lowest BCUT2D eigenvalue weighted by Crippen LogP contribution is -2.12. The Kier molecular flexibility index (Phi) is 6.94. The molecule has 1 heterocycles. The molecule has 8 heteroatoms. The summed E-state index contributed by atoms with van der Waals surface area (Å²) < 4.78 is 5.16. The number of carbonyl (C=O) groups excluding carboxylic acids is 2. The van der Waals surface area contributed by atoms with E-state index >= 15 is 0 Å². The van der Waals surface area contributed by atoms with Gasteiger partial charge in [0, 0.05) is 29.2 Å². The smallest absolute Gasteiger partial charge is 0.341 e. The first-order valence-electron chi connectivity index (χ1n) is 9.48. The number of non-ortho nitro benzene ring substituents is 1. The van der Waals surface area contributed by atoms with Crippen LogP contribution in [0.25, 0.3) is 17.2 Å². The molecule has 3 rings (SSSR count). The maximum atomic E-state index is 12.6. The number of ether oxygens (including phenoxy) is 1. The van der Waals surface area contributed by atoms with Crippen molar-refractivity contribution in [1.82, 2.24) is 0 Å². The first-order chi connectivity index (χ1) is 14.9. The van der Waals surface area contributed by atoms with Crippen molar-refractivity contribution in [3.05, 3.63) is 86.8 Å². The SMILES string of the molecule is CCOC(=O)c1c(-c2ccc([N+](=O)[O-])cc2)csc1NC(=O)/C=C/c1ccc(C)cc1. The van der Waals surface area contributed by atoms with Crippen molar-refractivity contribution in [2.24, 2.45) is 0 Å². The number of nitrogens with one attached hydrogen (secondary N) is 1. The number of aryl methyl sites for hydroxylation is 1. The molecule has 0 atom stereocenters. The Morgan fingerprint density at radius 1 is 1.13 bits per heavy atom. The summed E-state index contributed by atoms with van der Waals surface area (Å²) in [6, 6.07) is 13.6. The summed E-state index contributed by atoms with van der Waals surface area (Å²) in [5, 5.41) is 15.7. The monoisotopic (exact) mass is 436 g/mol. The number of esters is 1. The standard InChI is InChI=1S/C23H20N2O5S/c1-3-30-23(27)21-19(17-9-11-18(12-10-17)25(28)29)14-31-22(21)24-20(26)13-8-16-6-4-15(2)5-7-16/h4-14H,3H2,1-2H3,(H,24,26)/b13-8+. The molecule has 1 N–H and O–H groups in total. The molecule has 0 spiro atoms. The van der Waals surface area contributed by atoms with Gasteiger partial charge in [0.25, 0.3) is 5.69 Å². The Morgan fingerprint density at radius 3 is 2.42 bits per heavy atom. The minimum Gasteiger partial charge on any atom is -0.462 e. The van der Waals surface area contributed by atoms with Crippen molar-refractivity contribution >= 4 is 40.0 Å². The van der Waals surface area contributed by atoms with E-state index in [0.717, 1.165) is 11.1 Å². The highest BCUT2D eigenvalue weighted by Crippen LogP contribution is 2.36. The van der Waals surface area contributed by atoms with Crippen LogP contribution in [0.3, 0.4) is 0 Å². The summed E-state index contributed by atoms with van der Waals surface area (Å²) in [7, 11) is 0. The number of carbonyl (C=O) groups is 2. The topological polar surface area (TPSA) is 98.5 Å². The summed E-state index contributed by atoms with van der Waals surface area (Å²) in [4.78, 5) is 35.4. The van der Waals surface area contributed by atoms with Crippen molar-refractivity contribution in [3.8, 4) is 11.1 Å². The average Bonchev–Trinajstić information content (AvgIpc) is 3.17. The van der Waals surface area contributed by atoms with Crippen LogP contribution in [-0.4, -0.2) is 23.4 Å². The summed E-state index contributed by atoms with van der Waals surface area (Å²) >= 11 is 1.19. The van der Waals surface area contributed by atoms with Crippen LogP contribution in [0.2, 0.25) is 0 Å². The summed E-state index contributed by atoms with van der Waals surface area (Å²) in [5.41, 5.74) is 3.32. The largest absolute Gasteiger partial charge is 0.462 e. The number of hydrogen-bond acceptors (Lipinski definition) is 6. The number of anilines is 1. The molecular weight excluding hydrogens is 416 g/mol. The van der Waals surface area contributed by atoms with Crippen molar-refractivity contribution in [1.29, 1.82) is 0 Å². The van der Waals surface area contributed by atoms with Crippen molar-refractivity contribution in [3.63, 3.8) is 0 Å². The number of nitro benzene ring substituents is 1. The summed E-state index contributed by atoms with van der Waals surface area (Å²) in [6.07, 6.45) is 3.08. The second kappa shape index (κ2) is 9.82. The van der Waals surface area contributed by atoms with Gasteiger partial charge in [-0.25, -0.2) is 4.79 Å². The fourth-order valence-corrected chi connectivity index (χ4v) is 3.79. The summed E-state index contributed by atoms with van der Waals surface area (Å²) in [5.74, 6) is -0.960. The zero-order valence-corrected chi connectivity index (χ0v) is 17.8. The lowest BCUT2D eigenvalue weighted by molar-refractivity contribution is -0.384. The number of nitrogens with zero attached hydrogens (tertiary/aromatic N) is 1. The number of thiophene rings is 1. The van der Waals surface area contributed by atoms with Gasteiger partial charge in [0.05, 0.1) is 11.5 Å². The van der Waals surface area contributed by atoms with Crippen LogP contribution in [-0.2, 0) is 9.53 Å². The molecule has 31 heavy (non-hydrogen) atoms. The van der Waals surface area contributed by atoms with Gasteiger partial charge >= 0.3 is 5.97 Å². The van der Waals surface area contributed by atoms with Crippen LogP contribution in [0.5, 0.6) is 0 Å². The Labute approximate surface area is 183 Å². The number of benzene rings is 2. The van der Waals surface area contributed by atoms with Crippen molar-refractivity contribution < 1.29 is 19.2 Å². The molecule has 1 aromatic heterocycles. The molecule has 0 fully saturated rings. The van der Waals surface area contributed by atoms with Gasteiger partial charge in [0.2, 0.25) is 5.91 Å². The third-order valence-corrected chi connectivity index (χ3v) is 5.30. The molecule has 0 bridgehead atoms. The van der Waals surface area contributed by atoms with Crippen LogP contribution in [0, 0.1) is 17.0 Å². The zero-order valence-electron chi connectivity index (χ0n) is 17.0. The molecule has 0 aliphatic heterocycles. The Bertz CT molecular complexity index is 1130. The molecule has 0 saturated heterocycles. The van der Waals surface area contributed by atoms with Gasteiger partial charge < -0.3 is 10.1 Å². The lowest BCUT2D eigenvalue weighted by atomic mass is 10.0. The van der Waals surface area contributed by atoms with Gasteiger partial charge in [-0.1, -0.05) is 29.8 Å². The van der Waals surface area contributed by atoms with Gasteiger partial charge in [-0.3, -0.25) is 14.9 Å². The number of nitro groups is 1. The van der Waals surface area contributed by atoms with E-state index < -0.39 is 10.9 Å². The van der Waals surface area contributed by atoms with E-state index in [2.05, 4.69) is 5.32 Å². The van der Waals surface area contributed by atoms with E-state index in [1.165, 1.54) is 29.5 Å². The quantitative estimate of drug-likeness (QED) is 0.229. The molecule has 158 valence electrons. The van der Waals surface area contributed by atoms with Crippen LogP contribution >= 0.6 is 11.3 Å². The molecule has 0 saturated carbocycles. The van der Waals surface area contributed by atoms with Gasteiger partial charge in [0.15, 0.2) is 0 Å². The number of amides is 1. The number of hydrogen-bond donors (Lipinski definition) is 1. The van der Waals surface area contributed by atoms with Gasteiger partial charge in [0.1, 0.15) is 10.6 Å². The molecule has 1 amide bonds. The average molecular weight is 436 g/mol. The molecule has 0 unspecified atom stereocenters. The minimum atomic E-state index is -0.574. The second-order valence-corrected chi connectivity index (χ2v) is 7.49. The van der Waals surface area contributed by atoms with Crippen LogP contribution in [0.4, 0.5) is 10.7 Å². The molecule has 2 aromatic carbocycles. The van der Waals surface area contributed by atoms with Crippen LogP contribution in [0.1, 0.15) is 28.4 Å². The first-order valence-corrected chi connectivity index (χ1v) is 10.4. The second-order valence-electron chi connectivity index (χ2n) is 6.61. The molecule has 3 aromatic rings. The van der Waals surface area contributed by atoms with Gasteiger partial charge in [-0.15, -0.1) is 11.3 Å². The van der Waals surface area contributed by atoms with Crippen LogP contribution in [0.15, 0.2) is 60.0 Å². The summed E-state index contributed by atoms with van der Waals surface area (Å²) in [6.45, 7) is 3.85. The Hall–Kier alpha value is -3.78. The molecule has 7 nitrogen and oxygen atoms in total. The lowest BCUT2D eigenvalue weighted by Gasteiger charge is -2.08. The van der Waals surface area contributed by atoms with Crippen LogP contribution < -0.4 is 5.32 Å². The highest BCUT2D eigenvalue weighted by Gasteiger charge is 2.22.